The standard InChI is InChI=1S/C23H32N2O2/c1-5-25(6-2)20-12-8-18(9-13-20)22-15-11-19-10-14-21(16-23(19)24-22)27-17(4)26-7-3/h8-10,12-14,16-17,22,24H,5-7,11,15H2,1-4H3. The summed E-state index contributed by atoms with van der Waals surface area (Å²) in [5.41, 5.74) is 5.15. The fourth-order valence-corrected chi connectivity index (χ4v) is 3.76. The molecule has 0 saturated carbocycles. The second-order valence-electron chi connectivity index (χ2n) is 6.96. The first-order chi connectivity index (χ1) is 13.1. The largest absolute Gasteiger partial charge is 0.465 e. The molecule has 4 heteroatoms. The van der Waals surface area contributed by atoms with Crippen LogP contribution in [0.1, 0.15) is 51.3 Å². The second kappa shape index (κ2) is 9.14. The molecule has 0 bridgehead atoms. The van der Waals surface area contributed by atoms with Gasteiger partial charge in [0.15, 0.2) is 6.29 Å². The van der Waals surface area contributed by atoms with Gasteiger partial charge < -0.3 is 19.7 Å². The maximum absolute atomic E-state index is 5.86. The Morgan fingerprint density at radius 3 is 2.48 bits per heavy atom. The minimum absolute atomic E-state index is 0.236. The van der Waals surface area contributed by atoms with Gasteiger partial charge in [0.25, 0.3) is 0 Å². The monoisotopic (exact) mass is 368 g/mol. The van der Waals surface area contributed by atoms with Crippen molar-refractivity contribution in [2.24, 2.45) is 0 Å². The van der Waals surface area contributed by atoms with Gasteiger partial charge in [-0.1, -0.05) is 18.2 Å². The van der Waals surface area contributed by atoms with Crippen LogP contribution in [0.3, 0.4) is 0 Å². The molecule has 0 aliphatic carbocycles. The lowest BCUT2D eigenvalue weighted by molar-refractivity contribution is -0.0613. The molecule has 0 fully saturated rings. The lowest BCUT2D eigenvalue weighted by Crippen LogP contribution is -2.22. The molecule has 0 aromatic heterocycles. The van der Waals surface area contributed by atoms with Crippen molar-refractivity contribution in [1.29, 1.82) is 0 Å². The van der Waals surface area contributed by atoms with Gasteiger partial charge in [-0.05, 0) is 69.9 Å². The molecule has 3 rings (SSSR count). The molecule has 4 nitrogen and oxygen atoms in total. The van der Waals surface area contributed by atoms with E-state index < -0.39 is 0 Å². The predicted octanol–water partition coefficient (Wildman–Crippen LogP) is 5.39. The number of nitrogens with one attached hydrogen (secondary N) is 1. The van der Waals surface area contributed by atoms with Gasteiger partial charge in [0.1, 0.15) is 5.75 Å². The molecule has 2 aromatic carbocycles. The van der Waals surface area contributed by atoms with Gasteiger partial charge >= 0.3 is 0 Å². The third kappa shape index (κ3) is 4.75. The van der Waals surface area contributed by atoms with Crippen LogP contribution >= 0.6 is 0 Å². The van der Waals surface area contributed by atoms with Crippen LogP contribution in [-0.2, 0) is 11.2 Å². The summed E-state index contributed by atoms with van der Waals surface area (Å²) < 4.78 is 11.3. The van der Waals surface area contributed by atoms with E-state index in [0.717, 1.165) is 31.7 Å². The molecule has 0 spiro atoms. The van der Waals surface area contributed by atoms with Gasteiger partial charge in [-0.15, -0.1) is 0 Å². The minimum atomic E-state index is -0.236. The number of fused-ring (bicyclic) bond motifs is 1. The summed E-state index contributed by atoms with van der Waals surface area (Å²) in [6.07, 6.45) is 1.94. The van der Waals surface area contributed by atoms with Gasteiger partial charge in [0.05, 0.1) is 6.04 Å². The van der Waals surface area contributed by atoms with Crippen LogP contribution < -0.4 is 15.0 Å². The van der Waals surface area contributed by atoms with Gasteiger partial charge in [-0.2, -0.15) is 0 Å². The van der Waals surface area contributed by atoms with Crippen LogP contribution in [0, 0.1) is 0 Å². The van der Waals surface area contributed by atoms with Crippen LogP contribution in [0.2, 0.25) is 0 Å². The number of rotatable bonds is 8. The van der Waals surface area contributed by atoms with Crippen molar-refractivity contribution < 1.29 is 9.47 Å². The summed E-state index contributed by atoms with van der Waals surface area (Å²) in [5, 5.41) is 3.70. The van der Waals surface area contributed by atoms with E-state index >= 15 is 0 Å². The van der Waals surface area contributed by atoms with Crippen molar-refractivity contribution >= 4 is 11.4 Å². The average Bonchev–Trinajstić information content (AvgIpc) is 2.69. The molecule has 0 amide bonds. The first-order valence-corrected chi connectivity index (χ1v) is 10.2. The van der Waals surface area contributed by atoms with Gasteiger partial charge in [0, 0.05) is 37.1 Å². The van der Waals surface area contributed by atoms with E-state index in [1.54, 1.807) is 0 Å². The first-order valence-electron chi connectivity index (χ1n) is 10.2. The average molecular weight is 369 g/mol. The Hall–Kier alpha value is -2.20. The number of hydrogen-bond donors (Lipinski definition) is 1. The quantitative estimate of drug-likeness (QED) is 0.633. The molecular weight excluding hydrogens is 336 g/mol. The molecule has 0 saturated heterocycles. The van der Waals surface area contributed by atoms with Crippen molar-refractivity contribution in [3.63, 3.8) is 0 Å². The van der Waals surface area contributed by atoms with Crippen LogP contribution in [0.5, 0.6) is 5.75 Å². The summed E-state index contributed by atoms with van der Waals surface area (Å²) in [6, 6.07) is 15.6. The van der Waals surface area contributed by atoms with Crippen molar-refractivity contribution in [3.8, 4) is 5.75 Å². The topological polar surface area (TPSA) is 33.7 Å². The van der Waals surface area contributed by atoms with Crippen molar-refractivity contribution in [2.45, 2.75) is 52.9 Å². The highest BCUT2D eigenvalue weighted by Gasteiger charge is 2.20. The van der Waals surface area contributed by atoms with Gasteiger partial charge in [0.2, 0.25) is 0 Å². The molecule has 1 N–H and O–H groups in total. The van der Waals surface area contributed by atoms with Crippen LogP contribution in [0.25, 0.3) is 0 Å². The van der Waals surface area contributed by atoms with Crippen LogP contribution in [0.15, 0.2) is 42.5 Å². The minimum Gasteiger partial charge on any atom is -0.465 e. The zero-order valence-electron chi connectivity index (χ0n) is 17.0. The highest BCUT2D eigenvalue weighted by Crippen LogP contribution is 2.35. The fourth-order valence-electron chi connectivity index (χ4n) is 3.76. The van der Waals surface area contributed by atoms with E-state index in [-0.39, 0.29) is 6.29 Å². The molecular formula is C23H32N2O2. The van der Waals surface area contributed by atoms with E-state index in [0.29, 0.717) is 12.6 Å². The Morgan fingerprint density at radius 2 is 1.81 bits per heavy atom. The molecule has 2 aromatic rings. The smallest absolute Gasteiger partial charge is 0.196 e. The number of nitrogens with zero attached hydrogens (tertiary/aromatic N) is 1. The molecule has 146 valence electrons. The normalized spacial score (nSPS) is 17.0. The zero-order chi connectivity index (χ0) is 19.2. The van der Waals surface area contributed by atoms with E-state index in [4.69, 9.17) is 9.47 Å². The predicted molar refractivity (Wildman–Crippen MR) is 113 cm³/mol. The Morgan fingerprint density at radius 1 is 1.07 bits per heavy atom. The summed E-state index contributed by atoms with van der Waals surface area (Å²) in [5.74, 6) is 0.847. The lowest BCUT2D eigenvalue weighted by Gasteiger charge is -2.29. The molecule has 1 aliphatic rings. The summed E-state index contributed by atoms with van der Waals surface area (Å²) in [4.78, 5) is 2.37. The molecule has 1 aliphatic heterocycles. The van der Waals surface area contributed by atoms with E-state index in [1.165, 1.54) is 22.5 Å². The number of ether oxygens (including phenoxy) is 2. The third-order valence-corrected chi connectivity index (χ3v) is 5.24. The van der Waals surface area contributed by atoms with E-state index in [9.17, 15) is 0 Å². The van der Waals surface area contributed by atoms with E-state index in [2.05, 4.69) is 60.5 Å². The number of aryl methyl sites for hydroxylation is 1. The second-order valence-corrected chi connectivity index (χ2v) is 6.96. The summed E-state index contributed by atoms with van der Waals surface area (Å²) in [6.45, 7) is 11.0. The maximum Gasteiger partial charge on any atom is 0.196 e. The first kappa shape index (κ1) is 19.6. The third-order valence-electron chi connectivity index (χ3n) is 5.24. The molecule has 27 heavy (non-hydrogen) atoms. The number of anilines is 2. The summed E-state index contributed by atoms with van der Waals surface area (Å²) >= 11 is 0. The van der Waals surface area contributed by atoms with Crippen LogP contribution in [0.4, 0.5) is 11.4 Å². The van der Waals surface area contributed by atoms with Crippen molar-refractivity contribution in [3.05, 3.63) is 53.6 Å². The number of hydrogen-bond acceptors (Lipinski definition) is 4. The maximum atomic E-state index is 5.86. The van der Waals surface area contributed by atoms with Crippen LogP contribution in [-0.4, -0.2) is 26.0 Å². The Balaban J connectivity index is 1.71. The molecule has 2 unspecified atom stereocenters. The highest BCUT2D eigenvalue weighted by molar-refractivity contribution is 5.59. The van der Waals surface area contributed by atoms with E-state index in [1.807, 2.05) is 19.9 Å². The van der Waals surface area contributed by atoms with Gasteiger partial charge in [-0.3, -0.25) is 0 Å². The molecule has 1 heterocycles. The SMILES string of the molecule is CCOC(C)Oc1ccc2c(c1)NC(c1ccc(N(CC)CC)cc1)CC2. The molecule has 0 radical (unpaired) electrons. The summed E-state index contributed by atoms with van der Waals surface area (Å²) in [7, 11) is 0. The number of benzene rings is 2. The van der Waals surface area contributed by atoms with Gasteiger partial charge in [-0.25, -0.2) is 0 Å². The Kier molecular flexibility index (Phi) is 6.62. The fraction of sp³-hybridized carbons (Fsp3) is 0.478. The molecule has 2 atom stereocenters. The lowest BCUT2D eigenvalue weighted by atomic mass is 9.93. The van der Waals surface area contributed by atoms with Crippen molar-refractivity contribution in [1.82, 2.24) is 0 Å². The Bertz CT molecular complexity index is 726. The highest BCUT2D eigenvalue weighted by atomic mass is 16.7. The zero-order valence-corrected chi connectivity index (χ0v) is 17.0. The Labute approximate surface area is 163 Å². The van der Waals surface area contributed by atoms with Crippen molar-refractivity contribution in [2.75, 3.05) is 29.9 Å².